The fraction of sp³-hybridized carbons (Fsp3) is 0.889. The molecule has 5 heteroatoms. The van der Waals surface area contributed by atoms with Crippen LogP contribution in [0.1, 0.15) is 77.6 Å². The predicted octanol–water partition coefficient (Wildman–Crippen LogP) is 2.96. The molecule has 1 aliphatic carbocycles. The first kappa shape index (κ1) is 19.8. The minimum absolute atomic E-state index is 0.181. The lowest BCUT2D eigenvalue weighted by molar-refractivity contribution is -0.121. The van der Waals surface area contributed by atoms with Gasteiger partial charge in [0.1, 0.15) is 0 Å². The van der Waals surface area contributed by atoms with E-state index in [2.05, 4.69) is 27.9 Å². The lowest BCUT2D eigenvalue weighted by Gasteiger charge is -2.11. The summed E-state index contributed by atoms with van der Waals surface area (Å²) in [4.78, 5) is 15.8. The summed E-state index contributed by atoms with van der Waals surface area (Å²) in [6.07, 6.45) is 13.0. The van der Waals surface area contributed by atoms with Crippen LogP contribution < -0.4 is 16.0 Å². The number of nitrogens with one attached hydrogen (secondary N) is 3. The van der Waals surface area contributed by atoms with Gasteiger partial charge < -0.3 is 16.0 Å². The summed E-state index contributed by atoms with van der Waals surface area (Å²) in [5.41, 5.74) is 0. The van der Waals surface area contributed by atoms with E-state index in [0.29, 0.717) is 12.5 Å². The molecule has 23 heavy (non-hydrogen) atoms. The third-order valence-corrected chi connectivity index (χ3v) is 4.11. The van der Waals surface area contributed by atoms with Gasteiger partial charge in [0, 0.05) is 32.6 Å². The van der Waals surface area contributed by atoms with Crippen LogP contribution in [0.3, 0.4) is 0 Å². The van der Waals surface area contributed by atoms with E-state index in [1.54, 1.807) is 7.05 Å². The molecule has 1 aliphatic rings. The van der Waals surface area contributed by atoms with Crippen LogP contribution in [0.4, 0.5) is 0 Å². The number of hydrogen-bond acceptors (Lipinski definition) is 2. The van der Waals surface area contributed by atoms with E-state index in [9.17, 15) is 4.79 Å². The van der Waals surface area contributed by atoms with Gasteiger partial charge in [-0.25, -0.2) is 0 Å². The quantitative estimate of drug-likeness (QED) is 0.277. The number of hydrogen-bond donors (Lipinski definition) is 3. The molecular weight excluding hydrogens is 288 g/mol. The van der Waals surface area contributed by atoms with E-state index in [-0.39, 0.29) is 5.91 Å². The average Bonchev–Trinajstić information content (AvgIpc) is 3.35. The number of aliphatic imine (C=N–C) groups is 1. The molecule has 0 aromatic heterocycles. The van der Waals surface area contributed by atoms with Gasteiger partial charge in [0.25, 0.3) is 0 Å². The first-order chi connectivity index (χ1) is 11.3. The molecule has 0 saturated heterocycles. The van der Waals surface area contributed by atoms with Crippen LogP contribution in [0.5, 0.6) is 0 Å². The monoisotopic (exact) mass is 324 g/mol. The van der Waals surface area contributed by atoms with Crippen LogP contribution in [-0.2, 0) is 4.79 Å². The van der Waals surface area contributed by atoms with Crippen LogP contribution >= 0.6 is 0 Å². The molecule has 1 fully saturated rings. The zero-order chi connectivity index (χ0) is 16.8. The van der Waals surface area contributed by atoms with Crippen molar-refractivity contribution in [2.24, 2.45) is 4.99 Å². The Kier molecular flexibility index (Phi) is 11.4. The van der Waals surface area contributed by atoms with Gasteiger partial charge in [-0.3, -0.25) is 9.79 Å². The average molecular weight is 325 g/mol. The Balaban J connectivity index is 1.90. The molecule has 0 aromatic carbocycles. The first-order valence-electron chi connectivity index (χ1n) is 9.50. The second kappa shape index (κ2) is 13.2. The topological polar surface area (TPSA) is 65.5 Å². The van der Waals surface area contributed by atoms with Crippen LogP contribution in [-0.4, -0.2) is 38.0 Å². The van der Waals surface area contributed by atoms with Gasteiger partial charge in [0.05, 0.1) is 0 Å². The highest BCUT2D eigenvalue weighted by Gasteiger charge is 2.22. The van der Waals surface area contributed by atoms with Crippen molar-refractivity contribution in [1.82, 2.24) is 16.0 Å². The number of rotatable bonds is 13. The van der Waals surface area contributed by atoms with Crippen LogP contribution in [0.25, 0.3) is 0 Å². The Hall–Kier alpha value is -1.26. The Morgan fingerprint density at radius 3 is 2.17 bits per heavy atom. The summed E-state index contributed by atoms with van der Waals surface area (Å²) in [7, 11) is 1.79. The highest BCUT2D eigenvalue weighted by Crippen LogP contribution is 2.18. The fourth-order valence-corrected chi connectivity index (χ4v) is 2.49. The number of unbranched alkanes of at least 4 members (excludes halogenated alkanes) is 6. The van der Waals surface area contributed by atoms with Crippen molar-refractivity contribution in [2.75, 3.05) is 20.1 Å². The van der Waals surface area contributed by atoms with Crippen molar-refractivity contribution in [3.05, 3.63) is 0 Å². The Bertz CT molecular complexity index is 340. The highest BCUT2D eigenvalue weighted by atomic mass is 16.1. The van der Waals surface area contributed by atoms with Crippen molar-refractivity contribution in [1.29, 1.82) is 0 Å². The maximum atomic E-state index is 11.6. The number of amides is 1. The Labute approximate surface area is 142 Å². The third-order valence-electron chi connectivity index (χ3n) is 4.11. The summed E-state index contributed by atoms with van der Waals surface area (Å²) in [5.74, 6) is 1.03. The van der Waals surface area contributed by atoms with Crippen LogP contribution in [0, 0.1) is 0 Å². The zero-order valence-electron chi connectivity index (χ0n) is 15.1. The predicted molar refractivity (Wildman–Crippen MR) is 97.8 cm³/mol. The normalized spacial score (nSPS) is 14.6. The molecule has 5 nitrogen and oxygen atoms in total. The molecule has 3 N–H and O–H groups in total. The number of carbonyl (C=O) groups excluding carboxylic acids is 1. The van der Waals surface area contributed by atoms with Crippen molar-refractivity contribution < 1.29 is 4.79 Å². The van der Waals surface area contributed by atoms with E-state index in [1.807, 2.05) is 0 Å². The highest BCUT2D eigenvalue weighted by molar-refractivity contribution is 5.79. The summed E-state index contributed by atoms with van der Waals surface area (Å²) < 4.78 is 0. The lowest BCUT2D eigenvalue weighted by Crippen LogP contribution is -2.38. The summed E-state index contributed by atoms with van der Waals surface area (Å²) in [5, 5.41) is 9.62. The largest absolute Gasteiger partial charge is 0.356 e. The van der Waals surface area contributed by atoms with Gasteiger partial charge in [-0.1, -0.05) is 45.4 Å². The van der Waals surface area contributed by atoms with Gasteiger partial charge >= 0.3 is 0 Å². The molecule has 1 rings (SSSR count). The molecule has 0 heterocycles. The maximum absolute atomic E-state index is 11.6. The number of carbonyl (C=O) groups is 1. The van der Waals surface area contributed by atoms with Gasteiger partial charge in [0.15, 0.2) is 5.96 Å². The standard InChI is InChI=1S/C18H36N4O/c1-3-4-5-6-7-8-9-14-20-18(19-2)21-15-10-11-17(23)22-16-12-13-16/h16H,3-15H2,1-2H3,(H,22,23)(H2,19,20,21). The maximum Gasteiger partial charge on any atom is 0.220 e. The Morgan fingerprint density at radius 2 is 1.57 bits per heavy atom. The Morgan fingerprint density at radius 1 is 0.957 bits per heavy atom. The summed E-state index contributed by atoms with van der Waals surface area (Å²) in [6.45, 7) is 4.01. The molecule has 0 spiro atoms. The van der Waals surface area contributed by atoms with E-state index < -0.39 is 0 Å². The van der Waals surface area contributed by atoms with Crippen LogP contribution in [0.2, 0.25) is 0 Å². The second-order valence-electron chi connectivity index (χ2n) is 6.49. The molecule has 0 aromatic rings. The number of nitrogens with zero attached hydrogens (tertiary/aromatic N) is 1. The summed E-state index contributed by atoms with van der Waals surface area (Å²) in [6, 6.07) is 0.465. The molecule has 1 saturated carbocycles. The van der Waals surface area contributed by atoms with Gasteiger partial charge in [-0.05, 0) is 25.7 Å². The fourth-order valence-electron chi connectivity index (χ4n) is 2.49. The third kappa shape index (κ3) is 11.9. The first-order valence-corrected chi connectivity index (χ1v) is 9.50. The molecule has 0 aliphatic heterocycles. The SMILES string of the molecule is CCCCCCCCCNC(=NC)NCCCC(=O)NC1CC1. The molecule has 134 valence electrons. The molecule has 0 bridgehead atoms. The molecule has 0 unspecified atom stereocenters. The van der Waals surface area contributed by atoms with Crippen molar-refractivity contribution in [3.63, 3.8) is 0 Å². The number of guanidine groups is 1. The van der Waals surface area contributed by atoms with Gasteiger partial charge in [0.2, 0.25) is 5.91 Å². The van der Waals surface area contributed by atoms with E-state index in [1.165, 1.54) is 44.9 Å². The van der Waals surface area contributed by atoms with E-state index in [4.69, 9.17) is 0 Å². The lowest BCUT2D eigenvalue weighted by atomic mass is 10.1. The van der Waals surface area contributed by atoms with E-state index in [0.717, 1.165) is 38.3 Å². The van der Waals surface area contributed by atoms with Crippen molar-refractivity contribution in [2.45, 2.75) is 83.6 Å². The smallest absolute Gasteiger partial charge is 0.220 e. The minimum Gasteiger partial charge on any atom is -0.356 e. The molecule has 1 amide bonds. The second-order valence-corrected chi connectivity index (χ2v) is 6.49. The van der Waals surface area contributed by atoms with Gasteiger partial charge in [-0.15, -0.1) is 0 Å². The van der Waals surface area contributed by atoms with Crippen molar-refractivity contribution >= 4 is 11.9 Å². The van der Waals surface area contributed by atoms with Gasteiger partial charge in [-0.2, -0.15) is 0 Å². The molecular formula is C18H36N4O. The molecule has 0 radical (unpaired) electrons. The van der Waals surface area contributed by atoms with Crippen LogP contribution in [0.15, 0.2) is 4.99 Å². The van der Waals surface area contributed by atoms with Crippen molar-refractivity contribution in [3.8, 4) is 0 Å². The zero-order valence-corrected chi connectivity index (χ0v) is 15.1. The summed E-state index contributed by atoms with van der Waals surface area (Å²) >= 11 is 0. The minimum atomic E-state index is 0.181. The van der Waals surface area contributed by atoms with E-state index >= 15 is 0 Å². The molecule has 0 atom stereocenters.